The Hall–Kier alpha value is -2.82. The Balaban J connectivity index is 1.74. The Morgan fingerprint density at radius 1 is 1.07 bits per heavy atom. The zero-order chi connectivity index (χ0) is 20.6. The molecule has 0 spiro atoms. The third-order valence-electron chi connectivity index (χ3n) is 4.07. The number of hydrogen-bond acceptors (Lipinski definition) is 6. The van der Waals surface area contributed by atoms with Crippen molar-refractivity contribution in [2.45, 2.75) is 15.7 Å². The number of aromatic nitrogens is 2. The summed E-state index contributed by atoms with van der Waals surface area (Å²) < 4.78 is 59.0. The molecule has 0 radical (unpaired) electrons. The summed E-state index contributed by atoms with van der Waals surface area (Å²) in [4.78, 5) is 6.39. The molecule has 11 heteroatoms. The van der Waals surface area contributed by atoms with Crippen LogP contribution in [0.15, 0.2) is 75.3 Å². The largest absolute Gasteiger partial charge is 0.443 e. The van der Waals surface area contributed by atoms with Gasteiger partial charge >= 0.3 is 0 Å². The Bertz CT molecular complexity index is 1360. The molecule has 29 heavy (non-hydrogen) atoms. The third kappa shape index (κ3) is 4.00. The number of anilines is 1. The quantitative estimate of drug-likeness (QED) is 0.462. The van der Waals surface area contributed by atoms with Crippen LogP contribution in [0.5, 0.6) is 0 Å². The van der Waals surface area contributed by atoms with Gasteiger partial charge in [0.2, 0.25) is 5.09 Å². The van der Waals surface area contributed by atoms with E-state index in [0.717, 1.165) is 0 Å². The van der Waals surface area contributed by atoms with E-state index < -0.39 is 25.6 Å². The molecule has 0 bridgehead atoms. The van der Waals surface area contributed by atoms with Gasteiger partial charge < -0.3 is 9.40 Å². The minimum absolute atomic E-state index is 0.171. The Kier molecular flexibility index (Phi) is 4.85. The summed E-state index contributed by atoms with van der Waals surface area (Å²) >= 11 is 5.98. The normalized spacial score (nSPS) is 12.3. The Morgan fingerprint density at radius 2 is 1.86 bits per heavy atom. The number of rotatable bonds is 6. The number of halogens is 1. The number of furan rings is 1. The first kappa shape index (κ1) is 19.5. The second-order valence-corrected chi connectivity index (χ2v) is 10.2. The molecular weight excluding hydrogens is 438 g/mol. The highest BCUT2D eigenvalue weighted by Crippen LogP contribution is 2.31. The van der Waals surface area contributed by atoms with Gasteiger partial charge in [0.25, 0.3) is 10.0 Å². The van der Waals surface area contributed by atoms with Gasteiger partial charge in [-0.15, -0.1) is 0 Å². The molecule has 0 fully saturated rings. The van der Waals surface area contributed by atoms with Crippen LogP contribution in [-0.4, -0.2) is 26.8 Å². The van der Waals surface area contributed by atoms with Gasteiger partial charge in [0.15, 0.2) is 9.84 Å². The average molecular weight is 452 g/mol. The van der Waals surface area contributed by atoms with Crippen LogP contribution in [0.1, 0.15) is 5.82 Å². The lowest BCUT2D eigenvalue weighted by molar-refractivity contribution is 0.484. The molecule has 8 nitrogen and oxygen atoms in total. The van der Waals surface area contributed by atoms with E-state index in [9.17, 15) is 16.8 Å². The standard InChI is InChI=1S/C18H14ClN3O5S2/c19-13-5-6-16(28(23,24)11-17-20-7-8-21-17)14(10-13)22-29(25,26)18-9-12-3-1-2-4-15(12)27-18/h1-10,22H,11H2,(H,20,21). The van der Waals surface area contributed by atoms with E-state index >= 15 is 0 Å². The lowest BCUT2D eigenvalue weighted by Crippen LogP contribution is -2.16. The second kappa shape index (κ2) is 7.21. The Morgan fingerprint density at radius 3 is 2.59 bits per heavy atom. The lowest BCUT2D eigenvalue weighted by Gasteiger charge is -2.12. The summed E-state index contributed by atoms with van der Waals surface area (Å²) in [5, 5.41) is 0.432. The van der Waals surface area contributed by atoms with Crippen LogP contribution in [0.25, 0.3) is 11.0 Å². The van der Waals surface area contributed by atoms with Gasteiger partial charge in [-0.1, -0.05) is 29.8 Å². The number of sulfonamides is 1. The first-order chi connectivity index (χ1) is 13.7. The van der Waals surface area contributed by atoms with E-state index in [2.05, 4.69) is 14.7 Å². The van der Waals surface area contributed by atoms with Gasteiger partial charge in [0.05, 0.1) is 10.6 Å². The van der Waals surface area contributed by atoms with Crippen LogP contribution in [0.4, 0.5) is 5.69 Å². The smallest absolute Gasteiger partial charge is 0.295 e. The summed E-state index contributed by atoms with van der Waals surface area (Å²) in [7, 11) is -8.12. The van der Waals surface area contributed by atoms with Crippen molar-refractivity contribution in [1.29, 1.82) is 0 Å². The van der Waals surface area contributed by atoms with Crippen molar-refractivity contribution in [3.05, 3.63) is 71.8 Å². The maximum absolute atomic E-state index is 12.8. The van der Waals surface area contributed by atoms with Gasteiger partial charge in [-0.3, -0.25) is 4.72 Å². The van der Waals surface area contributed by atoms with Gasteiger partial charge in [-0.25, -0.2) is 13.4 Å². The van der Waals surface area contributed by atoms with Crippen LogP contribution >= 0.6 is 11.6 Å². The highest BCUT2D eigenvalue weighted by Gasteiger charge is 2.26. The molecular formula is C18H14ClN3O5S2. The van der Waals surface area contributed by atoms with Crippen molar-refractivity contribution in [2.75, 3.05) is 4.72 Å². The topological polar surface area (TPSA) is 122 Å². The molecule has 4 rings (SSSR count). The molecule has 0 aliphatic rings. The van der Waals surface area contributed by atoms with Gasteiger partial charge in [-0.05, 0) is 24.3 Å². The molecule has 0 aliphatic carbocycles. The minimum atomic E-state index is -4.20. The van der Waals surface area contributed by atoms with E-state index in [-0.39, 0.29) is 26.5 Å². The average Bonchev–Trinajstić information content (AvgIpc) is 3.30. The van der Waals surface area contributed by atoms with Crippen LogP contribution in [0, 0.1) is 0 Å². The highest BCUT2D eigenvalue weighted by atomic mass is 35.5. The van der Waals surface area contributed by atoms with E-state index in [1.165, 1.54) is 36.7 Å². The zero-order valence-electron chi connectivity index (χ0n) is 14.7. The number of aromatic amines is 1. The van der Waals surface area contributed by atoms with Gasteiger partial charge in [0.1, 0.15) is 17.2 Å². The fourth-order valence-electron chi connectivity index (χ4n) is 2.77. The van der Waals surface area contributed by atoms with E-state index in [0.29, 0.717) is 11.0 Å². The number of para-hydroxylation sites is 1. The van der Waals surface area contributed by atoms with Crippen molar-refractivity contribution in [3.8, 4) is 0 Å². The monoisotopic (exact) mass is 451 g/mol. The van der Waals surface area contributed by atoms with E-state index in [4.69, 9.17) is 16.0 Å². The first-order valence-electron chi connectivity index (χ1n) is 8.27. The molecule has 0 atom stereocenters. The molecule has 2 aromatic carbocycles. The fourth-order valence-corrected chi connectivity index (χ4v) is 5.44. The third-order valence-corrected chi connectivity index (χ3v) is 7.20. The molecule has 0 saturated heterocycles. The predicted octanol–water partition coefficient (Wildman–Crippen LogP) is 3.58. The van der Waals surface area contributed by atoms with Gasteiger partial charge in [-0.2, -0.15) is 8.42 Å². The Labute approximate surface area is 171 Å². The van der Waals surface area contributed by atoms with Crippen molar-refractivity contribution < 1.29 is 21.3 Å². The SMILES string of the molecule is O=S(=O)(Cc1ncc[nH]1)c1ccc(Cl)cc1NS(=O)(=O)c1cc2ccccc2o1. The van der Waals surface area contributed by atoms with Crippen molar-refractivity contribution >= 4 is 48.1 Å². The number of nitrogens with one attached hydrogen (secondary N) is 2. The summed E-state index contributed by atoms with van der Waals surface area (Å²) in [5.41, 5.74) is 0.217. The molecule has 2 N–H and O–H groups in total. The molecule has 2 aromatic heterocycles. The molecule has 0 unspecified atom stereocenters. The zero-order valence-corrected chi connectivity index (χ0v) is 17.1. The number of imidazole rings is 1. The maximum atomic E-state index is 12.8. The predicted molar refractivity (Wildman–Crippen MR) is 108 cm³/mol. The maximum Gasteiger partial charge on any atom is 0.295 e. The molecule has 2 heterocycles. The number of H-pyrrole nitrogens is 1. The number of sulfone groups is 1. The highest BCUT2D eigenvalue weighted by molar-refractivity contribution is 7.93. The van der Waals surface area contributed by atoms with Crippen molar-refractivity contribution in [2.24, 2.45) is 0 Å². The second-order valence-electron chi connectivity index (χ2n) is 6.14. The van der Waals surface area contributed by atoms with Crippen LogP contribution in [-0.2, 0) is 25.6 Å². The summed E-state index contributed by atoms with van der Waals surface area (Å²) in [6.45, 7) is 0. The van der Waals surface area contributed by atoms with Crippen LogP contribution in [0.2, 0.25) is 5.02 Å². The van der Waals surface area contributed by atoms with Gasteiger partial charge in [0, 0.05) is 28.9 Å². The van der Waals surface area contributed by atoms with Crippen molar-refractivity contribution in [3.63, 3.8) is 0 Å². The number of nitrogens with zero attached hydrogens (tertiary/aromatic N) is 1. The molecule has 4 aromatic rings. The van der Waals surface area contributed by atoms with Crippen molar-refractivity contribution in [1.82, 2.24) is 9.97 Å². The first-order valence-corrected chi connectivity index (χ1v) is 11.8. The summed E-state index contributed by atoms with van der Waals surface area (Å²) in [6.07, 6.45) is 2.93. The lowest BCUT2D eigenvalue weighted by atomic mass is 10.3. The molecule has 0 aliphatic heterocycles. The number of hydrogen-bond donors (Lipinski definition) is 2. The molecule has 150 valence electrons. The van der Waals surface area contributed by atoms with E-state index in [1.807, 2.05) is 0 Å². The van der Waals surface area contributed by atoms with E-state index in [1.54, 1.807) is 24.3 Å². The fraction of sp³-hybridized carbons (Fsp3) is 0.0556. The number of benzene rings is 2. The molecule has 0 saturated carbocycles. The van der Waals surface area contributed by atoms with Crippen LogP contribution in [0.3, 0.4) is 0 Å². The van der Waals surface area contributed by atoms with Crippen LogP contribution < -0.4 is 4.72 Å². The minimum Gasteiger partial charge on any atom is -0.443 e. The summed E-state index contributed by atoms with van der Waals surface area (Å²) in [5.74, 6) is -0.202. The number of fused-ring (bicyclic) bond motifs is 1. The molecule has 0 amide bonds. The summed E-state index contributed by atoms with van der Waals surface area (Å²) in [6, 6.07) is 12.0.